The Balaban J connectivity index is 2.09. The maximum atomic E-state index is 11.6. The van der Waals surface area contributed by atoms with Crippen LogP contribution in [0.5, 0.6) is 11.5 Å². The third-order valence-electron chi connectivity index (χ3n) is 4.39. The van der Waals surface area contributed by atoms with Crippen LogP contribution >= 0.6 is 11.6 Å². The van der Waals surface area contributed by atoms with Crippen LogP contribution in [0, 0.1) is 17.0 Å². The lowest BCUT2D eigenvalue weighted by molar-refractivity contribution is -0.385. The van der Waals surface area contributed by atoms with Gasteiger partial charge in [0.05, 0.1) is 25.2 Å². The van der Waals surface area contributed by atoms with Gasteiger partial charge >= 0.3 is 5.69 Å². The first-order valence-corrected chi connectivity index (χ1v) is 9.03. The van der Waals surface area contributed by atoms with Crippen molar-refractivity contribution in [3.63, 3.8) is 0 Å². The van der Waals surface area contributed by atoms with Gasteiger partial charge in [0.2, 0.25) is 11.1 Å². The molecular weight excluding hydrogens is 396 g/mol. The molecule has 0 bridgehead atoms. The van der Waals surface area contributed by atoms with E-state index < -0.39 is 11.0 Å². The van der Waals surface area contributed by atoms with Crippen molar-refractivity contribution in [3.8, 4) is 11.5 Å². The van der Waals surface area contributed by atoms with E-state index in [1.54, 1.807) is 14.2 Å². The molecule has 0 atom stereocenters. The molecular formula is C20H19ClN4O4. The number of nitrogens with zero attached hydrogens (tertiary/aromatic N) is 3. The van der Waals surface area contributed by atoms with E-state index in [1.807, 2.05) is 48.5 Å². The van der Waals surface area contributed by atoms with Crippen molar-refractivity contribution in [2.24, 2.45) is 0 Å². The second-order valence-corrected chi connectivity index (χ2v) is 6.49. The highest BCUT2D eigenvalue weighted by molar-refractivity contribution is 6.28. The summed E-state index contributed by atoms with van der Waals surface area (Å²) < 4.78 is 10.4. The van der Waals surface area contributed by atoms with Crippen molar-refractivity contribution >= 4 is 23.1 Å². The molecule has 0 aliphatic rings. The van der Waals surface area contributed by atoms with Gasteiger partial charge in [0.1, 0.15) is 17.2 Å². The second-order valence-electron chi connectivity index (χ2n) is 6.16. The Kier molecular flexibility index (Phi) is 6.13. The summed E-state index contributed by atoms with van der Waals surface area (Å²) in [6.45, 7) is 1.52. The summed E-state index contributed by atoms with van der Waals surface area (Å²) in [6.07, 6.45) is 0. The van der Waals surface area contributed by atoms with E-state index in [9.17, 15) is 10.1 Å². The highest BCUT2D eigenvalue weighted by atomic mass is 35.5. The molecule has 150 valence electrons. The predicted octanol–water partition coefficient (Wildman–Crippen LogP) is 4.57. The lowest BCUT2D eigenvalue weighted by Gasteiger charge is -2.21. The van der Waals surface area contributed by atoms with Gasteiger partial charge in [-0.2, -0.15) is 4.98 Å². The van der Waals surface area contributed by atoms with Crippen molar-refractivity contribution in [2.75, 3.05) is 19.5 Å². The van der Waals surface area contributed by atoms with Gasteiger partial charge in [0, 0.05) is 0 Å². The maximum Gasteiger partial charge on any atom is 0.332 e. The SMILES string of the molecule is COc1ccc(C(Nc2nc(Cl)nc(C)c2[N+](=O)[O-])c2ccc(OC)cc2)cc1. The molecule has 1 N–H and O–H groups in total. The number of halogens is 1. The lowest BCUT2D eigenvalue weighted by atomic mass is 9.98. The Labute approximate surface area is 172 Å². The van der Waals surface area contributed by atoms with Crippen molar-refractivity contribution in [1.29, 1.82) is 0 Å². The molecule has 3 rings (SSSR count). The summed E-state index contributed by atoms with van der Waals surface area (Å²) in [5, 5.41) is 14.7. The monoisotopic (exact) mass is 414 g/mol. The first kappa shape index (κ1) is 20.3. The smallest absolute Gasteiger partial charge is 0.332 e. The molecule has 0 aliphatic carbocycles. The number of nitrogens with one attached hydrogen (secondary N) is 1. The summed E-state index contributed by atoms with van der Waals surface area (Å²) >= 11 is 5.96. The van der Waals surface area contributed by atoms with E-state index in [-0.39, 0.29) is 22.5 Å². The fourth-order valence-corrected chi connectivity index (χ4v) is 3.15. The number of hydrogen-bond acceptors (Lipinski definition) is 7. The summed E-state index contributed by atoms with van der Waals surface area (Å²) in [5.41, 5.74) is 1.68. The number of aryl methyl sites for hydroxylation is 1. The first-order valence-electron chi connectivity index (χ1n) is 8.66. The van der Waals surface area contributed by atoms with Gasteiger partial charge in [-0.05, 0) is 53.9 Å². The molecule has 0 radical (unpaired) electrons. The van der Waals surface area contributed by atoms with Crippen molar-refractivity contribution in [1.82, 2.24) is 9.97 Å². The second kappa shape index (κ2) is 8.74. The molecule has 0 spiro atoms. The normalized spacial score (nSPS) is 10.7. The predicted molar refractivity (Wildman–Crippen MR) is 110 cm³/mol. The zero-order valence-corrected chi connectivity index (χ0v) is 16.8. The van der Waals surface area contributed by atoms with E-state index in [4.69, 9.17) is 21.1 Å². The third kappa shape index (κ3) is 4.55. The Morgan fingerprint density at radius 1 is 0.966 bits per heavy atom. The average molecular weight is 415 g/mol. The molecule has 0 unspecified atom stereocenters. The van der Waals surface area contributed by atoms with Crippen LogP contribution in [0.4, 0.5) is 11.5 Å². The summed E-state index contributed by atoms with van der Waals surface area (Å²) in [6, 6.07) is 14.4. The van der Waals surface area contributed by atoms with Gasteiger partial charge < -0.3 is 14.8 Å². The molecule has 29 heavy (non-hydrogen) atoms. The average Bonchev–Trinajstić information content (AvgIpc) is 2.71. The number of rotatable bonds is 7. The van der Waals surface area contributed by atoms with Crippen molar-refractivity contribution in [2.45, 2.75) is 13.0 Å². The minimum Gasteiger partial charge on any atom is -0.497 e. The molecule has 2 aromatic carbocycles. The number of hydrogen-bond donors (Lipinski definition) is 1. The number of ether oxygens (including phenoxy) is 2. The zero-order valence-electron chi connectivity index (χ0n) is 16.0. The molecule has 9 heteroatoms. The van der Waals surface area contributed by atoms with Gasteiger partial charge in [-0.1, -0.05) is 24.3 Å². The molecule has 0 aliphatic heterocycles. The van der Waals surface area contributed by atoms with Crippen LogP contribution in [-0.2, 0) is 0 Å². The summed E-state index contributed by atoms with van der Waals surface area (Å²) in [4.78, 5) is 19.0. The molecule has 8 nitrogen and oxygen atoms in total. The molecule has 3 aromatic rings. The van der Waals surface area contributed by atoms with E-state index in [0.29, 0.717) is 11.5 Å². The minimum atomic E-state index is -0.521. The zero-order chi connectivity index (χ0) is 21.0. The highest BCUT2D eigenvalue weighted by Gasteiger charge is 2.25. The Bertz CT molecular complexity index is 963. The Morgan fingerprint density at radius 2 is 1.45 bits per heavy atom. The summed E-state index contributed by atoms with van der Waals surface area (Å²) in [5.74, 6) is 1.45. The molecule has 0 saturated heterocycles. The van der Waals surface area contributed by atoms with Gasteiger partial charge in [-0.3, -0.25) is 10.1 Å². The third-order valence-corrected chi connectivity index (χ3v) is 4.56. The first-order chi connectivity index (χ1) is 13.9. The van der Waals surface area contributed by atoms with E-state index in [2.05, 4.69) is 15.3 Å². The summed E-state index contributed by atoms with van der Waals surface area (Å²) in [7, 11) is 3.17. The molecule has 0 saturated carbocycles. The molecule has 0 amide bonds. The van der Waals surface area contributed by atoms with Gasteiger partial charge in [-0.15, -0.1) is 0 Å². The maximum absolute atomic E-state index is 11.6. The highest BCUT2D eigenvalue weighted by Crippen LogP contribution is 2.33. The quantitative estimate of drug-likeness (QED) is 0.343. The van der Waals surface area contributed by atoms with Crippen LogP contribution in [0.3, 0.4) is 0 Å². The van der Waals surface area contributed by atoms with Gasteiger partial charge in [-0.25, -0.2) is 4.98 Å². The number of benzene rings is 2. The molecule has 0 fully saturated rings. The van der Waals surface area contributed by atoms with Crippen LogP contribution in [0.15, 0.2) is 48.5 Å². The standard InChI is InChI=1S/C20H19ClN4O4/c1-12-18(25(26)27)19(24-20(21)22-12)23-17(13-4-8-15(28-2)9-5-13)14-6-10-16(29-3)11-7-14/h4-11,17H,1-3H3,(H,22,23,24). The number of nitro groups is 1. The van der Waals surface area contributed by atoms with E-state index in [1.165, 1.54) is 6.92 Å². The van der Waals surface area contributed by atoms with Gasteiger partial charge in [0.25, 0.3) is 0 Å². The Morgan fingerprint density at radius 3 is 1.86 bits per heavy atom. The van der Waals surface area contributed by atoms with Crippen LogP contribution in [0.25, 0.3) is 0 Å². The lowest BCUT2D eigenvalue weighted by Crippen LogP contribution is -2.15. The largest absolute Gasteiger partial charge is 0.497 e. The Hall–Kier alpha value is -3.39. The number of anilines is 1. The van der Waals surface area contributed by atoms with Crippen LogP contribution in [0.2, 0.25) is 5.28 Å². The van der Waals surface area contributed by atoms with Crippen molar-refractivity contribution in [3.05, 3.63) is 80.7 Å². The van der Waals surface area contributed by atoms with Crippen LogP contribution in [-0.4, -0.2) is 29.1 Å². The fraction of sp³-hybridized carbons (Fsp3) is 0.200. The topological polar surface area (TPSA) is 99.4 Å². The van der Waals surface area contributed by atoms with E-state index >= 15 is 0 Å². The van der Waals surface area contributed by atoms with Gasteiger partial charge in [0.15, 0.2) is 0 Å². The number of aromatic nitrogens is 2. The van der Waals surface area contributed by atoms with Crippen LogP contribution in [0.1, 0.15) is 22.9 Å². The number of methoxy groups -OCH3 is 2. The van der Waals surface area contributed by atoms with Crippen LogP contribution < -0.4 is 14.8 Å². The fourth-order valence-electron chi connectivity index (χ4n) is 2.94. The van der Waals surface area contributed by atoms with Crippen molar-refractivity contribution < 1.29 is 14.4 Å². The molecule has 1 heterocycles. The minimum absolute atomic E-state index is 0.0455. The molecule has 1 aromatic heterocycles. The van der Waals surface area contributed by atoms with E-state index in [0.717, 1.165) is 11.1 Å².